The lowest BCUT2D eigenvalue weighted by atomic mass is 10.2. The van der Waals surface area contributed by atoms with Crippen molar-refractivity contribution >= 4 is 34.8 Å². The molecule has 0 spiro atoms. The molecule has 1 aliphatic rings. The number of aromatic nitrogens is 4. The van der Waals surface area contributed by atoms with Gasteiger partial charge in [0.15, 0.2) is 5.82 Å². The van der Waals surface area contributed by atoms with Crippen LogP contribution in [0.4, 0.5) is 11.5 Å². The van der Waals surface area contributed by atoms with E-state index in [-0.39, 0.29) is 6.54 Å². The summed E-state index contributed by atoms with van der Waals surface area (Å²) in [5.41, 5.74) is 0.536. The van der Waals surface area contributed by atoms with Crippen molar-refractivity contribution in [3.8, 4) is 11.5 Å². The molecule has 158 valence electrons. The number of amides is 1. The molecule has 3 aromatic rings. The molecule has 1 saturated heterocycles. The highest BCUT2D eigenvalue weighted by atomic mass is 32.2. The van der Waals surface area contributed by atoms with E-state index in [1.54, 1.807) is 37.7 Å². The number of nitrogens with one attached hydrogen (secondary N) is 1. The summed E-state index contributed by atoms with van der Waals surface area (Å²) in [6.07, 6.45) is 3.15. The maximum Gasteiger partial charge on any atom is 0.350 e. The lowest BCUT2D eigenvalue weighted by Gasteiger charge is -2.27. The van der Waals surface area contributed by atoms with Gasteiger partial charge in [-0.25, -0.2) is 18.9 Å². The van der Waals surface area contributed by atoms with E-state index in [1.165, 1.54) is 11.5 Å². The van der Waals surface area contributed by atoms with Gasteiger partial charge in [0.2, 0.25) is 11.6 Å². The van der Waals surface area contributed by atoms with Crippen molar-refractivity contribution in [2.24, 2.45) is 0 Å². The number of hydrogen-bond acceptors (Lipinski definition) is 8. The van der Waals surface area contributed by atoms with Crippen LogP contribution in [0.5, 0.6) is 11.5 Å². The summed E-state index contributed by atoms with van der Waals surface area (Å²) in [4.78, 5) is 31.9. The summed E-state index contributed by atoms with van der Waals surface area (Å²) in [6.45, 7) is 1.46. The van der Waals surface area contributed by atoms with Crippen molar-refractivity contribution in [3.63, 3.8) is 0 Å². The van der Waals surface area contributed by atoms with Crippen molar-refractivity contribution in [2.45, 2.75) is 6.54 Å². The van der Waals surface area contributed by atoms with Crippen LogP contribution in [-0.2, 0) is 11.3 Å². The minimum absolute atomic E-state index is 0.231. The maximum atomic E-state index is 12.7. The molecule has 0 aliphatic carbocycles. The van der Waals surface area contributed by atoms with Crippen molar-refractivity contribution in [1.29, 1.82) is 0 Å². The zero-order valence-electron chi connectivity index (χ0n) is 16.7. The van der Waals surface area contributed by atoms with Crippen molar-refractivity contribution in [1.82, 2.24) is 19.2 Å². The Labute approximate surface area is 176 Å². The zero-order valence-corrected chi connectivity index (χ0v) is 17.5. The molecule has 11 heteroatoms. The van der Waals surface area contributed by atoms with Gasteiger partial charge in [-0.3, -0.25) is 4.79 Å². The van der Waals surface area contributed by atoms with Gasteiger partial charge in [-0.1, -0.05) is 0 Å². The fourth-order valence-corrected chi connectivity index (χ4v) is 4.17. The topological polar surface area (TPSA) is 103 Å². The van der Waals surface area contributed by atoms with Crippen LogP contribution in [0.3, 0.4) is 0 Å². The first kappa shape index (κ1) is 20.1. The van der Waals surface area contributed by atoms with Gasteiger partial charge in [-0.15, -0.1) is 5.10 Å². The van der Waals surface area contributed by atoms with Gasteiger partial charge in [-0.2, -0.15) is 11.8 Å². The van der Waals surface area contributed by atoms with E-state index in [9.17, 15) is 9.59 Å². The maximum absolute atomic E-state index is 12.7. The van der Waals surface area contributed by atoms with Gasteiger partial charge < -0.3 is 19.7 Å². The van der Waals surface area contributed by atoms with Gasteiger partial charge in [0.05, 0.1) is 19.9 Å². The van der Waals surface area contributed by atoms with Crippen LogP contribution in [0.25, 0.3) is 5.65 Å². The number of hydrogen-bond donors (Lipinski definition) is 1. The van der Waals surface area contributed by atoms with Crippen LogP contribution in [0, 0.1) is 0 Å². The zero-order chi connectivity index (χ0) is 21.1. The number of methoxy groups -OCH3 is 2. The summed E-state index contributed by atoms with van der Waals surface area (Å²) < 4.78 is 13.0. The lowest BCUT2D eigenvalue weighted by molar-refractivity contribution is -0.117. The molecule has 1 amide bonds. The molecule has 1 aliphatic heterocycles. The molecule has 0 saturated carbocycles. The highest BCUT2D eigenvalue weighted by molar-refractivity contribution is 7.99. The molecule has 1 aromatic carbocycles. The van der Waals surface area contributed by atoms with Crippen LogP contribution in [0.1, 0.15) is 0 Å². The standard InChI is InChI=1S/C19H22N6O4S/c1-28-13-3-4-14(15(11-13)29-2)21-16(26)12-25-19(27)24-6-5-20-17(18(24)22-25)23-7-9-30-10-8-23/h3-6,11H,7-10,12H2,1-2H3,(H,21,26). The minimum atomic E-state index is -0.396. The molecule has 2 aromatic heterocycles. The lowest BCUT2D eigenvalue weighted by Crippen LogP contribution is -2.33. The average molecular weight is 430 g/mol. The molecular formula is C19H22N6O4S. The van der Waals surface area contributed by atoms with Crippen LogP contribution in [0.15, 0.2) is 35.4 Å². The fourth-order valence-electron chi connectivity index (χ4n) is 3.26. The third-order valence-corrected chi connectivity index (χ3v) is 5.71. The van der Waals surface area contributed by atoms with Crippen LogP contribution < -0.4 is 25.4 Å². The summed E-state index contributed by atoms with van der Waals surface area (Å²) in [7, 11) is 3.05. The summed E-state index contributed by atoms with van der Waals surface area (Å²) in [6, 6.07) is 5.06. The quantitative estimate of drug-likeness (QED) is 0.620. The van der Waals surface area contributed by atoms with Crippen molar-refractivity contribution < 1.29 is 14.3 Å². The Kier molecular flexibility index (Phi) is 5.79. The molecule has 0 unspecified atom stereocenters. The molecule has 30 heavy (non-hydrogen) atoms. The molecule has 0 radical (unpaired) electrons. The molecule has 3 heterocycles. The third-order valence-electron chi connectivity index (χ3n) is 4.77. The first-order valence-electron chi connectivity index (χ1n) is 9.39. The average Bonchev–Trinajstić information content (AvgIpc) is 3.10. The Morgan fingerprint density at radius 3 is 2.77 bits per heavy atom. The van der Waals surface area contributed by atoms with Crippen LogP contribution >= 0.6 is 11.8 Å². The SMILES string of the molecule is COc1ccc(NC(=O)Cn2nc3c(N4CCSCC4)nccn3c2=O)c(OC)c1. The predicted molar refractivity (Wildman–Crippen MR) is 115 cm³/mol. The summed E-state index contributed by atoms with van der Waals surface area (Å²) in [5, 5.41) is 7.14. The van der Waals surface area contributed by atoms with Gasteiger partial charge in [0.25, 0.3) is 0 Å². The highest BCUT2D eigenvalue weighted by Gasteiger charge is 2.20. The van der Waals surface area contributed by atoms with Gasteiger partial charge in [0, 0.05) is 43.1 Å². The number of thioether (sulfide) groups is 1. The Morgan fingerprint density at radius 1 is 1.23 bits per heavy atom. The molecule has 10 nitrogen and oxygen atoms in total. The normalized spacial score (nSPS) is 14.0. The van der Waals surface area contributed by atoms with Crippen molar-refractivity contribution in [3.05, 3.63) is 41.1 Å². The first-order valence-corrected chi connectivity index (χ1v) is 10.5. The Balaban J connectivity index is 1.57. The molecule has 1 fully saturated rings. The number of anilines is 2. The van der Waals surface area contributed by atoms with Crippen LogP contribution in [0.2, 0.25) is 0 Å². The number of carbonyl (C=O) groups excluding carboxylic acids is 1. The third kappa shape index (κ3) is 3.92. The number of rotatable bonds is 6. The Hall–Kier alpha value is -3.21. The van der Waals surface area contributed by atoms with Gasteiger partial charge in [0.1, 0.15) is 18.0 Å². The number of nitrogens with zero attached hydrogens (tertiary/aromatic N) is 5. The second-order valence-corrected chi connectivity index (χ2v) is 7.82. The number of fused-ring (bicyclic) bond motifs is 1. The molecule has 0 atom stereocenters. The fraction of sp³-hybridized carbons (Fsp3) is 0.368. The highest BCUT2D eigenvalue weighted by Crippen LogP contribution is 2.29. The van der Waals surface area contributed by atoms with Crippen molar-refractivity contribution in [2.75, 3.05) is 49.0 Å². The van der Waals surface area contributed by atoms with E-state index in [2.05, 4.69) is 20.3 Å². The number of carbonyl (C=O) groups is 1. The van der Waals surface area contributed by atoms with E-state index in [1.807, 2.05) is 11.8 Å². The second-order valence-electron chi connectivity index (χ2n) is 6.60. The smallest absolute Gasteiger partial charge is 0.350 e. The molecule has 0 bridgehead atoms. The van der Waals surface area contributed by atoms with Gasteiger partial charge >= 0.3 is 5.69 Å². The number of benzene rings is 1. The summed E-state index contributed by atoms with van der Waals surface area (Å²) >= 11 is 1.89. The van der Waals surface area contributed by atoms with E-state index >= 15 is 0 Å². The van der Waals surface area contributed by atoms with E-state index in [0.29, 0.717) is 28.7 Å². The monoisotopic (exact) mass is 430 g/mol. The van der Waals surface area contributed by atoms with Crippen LogP contribution in [-0.4, -0.2) is 63.9 Å². The predicted octanol–water partition coefficient (Wildman–Crippen LogP) is 1.10. The molecular weight excluding hydrogens is 408 g/mol. The Bertz CT molecular complexity index is 1120. The van der Waals surface area contributed by atoms with E-state index < -0.39 is 11.6 Å². The molecule has 4 rings (SSSR count). The Morgan fingerprint density at radius 2 is 2.03 bits per heavy atom. The first-order chi connectivity index (χ1) is 14.6. The largest absolute Gasteiger partial charge is 0.497 e. The van der Waals surface area contributed by atoms with Gasteiger partial charge in [-0.05, 0) is 12.1 Å². The van der Waals surface area contributed by atoms with E-state index in [0.717, 1.165) is 29.3 Å². The van der Waals surface area contributed by atoms with E-state index in [4.69, 9.17) is 9.47 Å². The number of ether oxygens (including phenoxy) is 2. The summed E-state index contributed by atoms with van der Waals surface area (Å²) in [5.74, 6) is 3.33. The minimum Gasteiger partial charge on any atom is -0.497 e. The molecule has 1 N–H and O–H groups in total. The second kappa shape index (κ2) is 8.66.